The first kappa shape index (κ1) is 30.5. The molecule has 2 N–H and O–H groups in total. The molecule has 0 fully saturated rings. The van der Waals surface area contributed by atoms with Crippen molar-refractivity contribution in [2.75, 3.05) is 24.4 Å². The van der Waals surface area contributed by atoms with E-state index in [1.165, 1.54) is 19.1 Å². The van der Waals surface area contributed by atoms with E-state index in [-0.39, 0.29) is 18.7 Å². The van der Waals surface area contributed by atoms with Crippen LogP contribution in [-0.4, -0.2) is 42.6 Å². The Morgan fingerprint density at radius 2 is 1.80 bits per heavy atom. The minimum atomic E-state index is -1.17. The van der Waals surface area contributed by atoms with Crippen LogP contribution in [0.3, 0.4) is 0 Å². The van der Waals surface area contributed by atoms with Crippen LogP contribution in [0.2, 0.25) is 5.02 Å². The summed E-state index contributed by atoms with van der Waals surface area (Å²) in [5, 5.41) is 9.71. The lowest BCUT2D eigenvalue weighted by molar-refractivity contribution is -0.128. The predicted molar refractivity (Wildman–Crippen MR) is 153 cm³/mol. The minimum absolute atomic E-state index is 0.170. The van der Waals surface area contributed by atoms with Crippen molar-refractivity contribution in [1.82, 2.24) is 10.5 Å². The Kier molecular flexibility index (Phi) is 10.2. The molecule has 1 atom stereocenters. The highest BCUT2D eigenvalue weighted by Gasteiger charge is 2.37. The predicted octanol–water partition coefficient (Wildman–Crippen LogP) is 5.45. The zero-order valence-electron chi connectivity index (χ0n) is 23.5. The second-order valence-corrected chi connectivity index (χ2v) is 10.2. The van der Waals surface area contributed by atoms with Gasteiger partial charge in [-0.15, -0.1) is 0 Å². The molecule has 11 heteroatoms. The minimum Gasteiger partial charge on any atom is -0.497 e. The van der Waals surface area contributed by atoms with Crippen LogP contribution in [0.4, 0.5) is 11.5 Å². The summed E-state index contributed by atoms with van der Waals surface area (Å²) in [6.07, 6.45) is 0.260. The van der Waals surface area contributed by atoms with Crippen molar-refractivity contribution in [2.24, 2.45) is 0 Å². The molecule has 3 rings (SSSR count). The maximum atomic E-state index is 14.0. The zero-order valence-corrected chi connectivity index (χ0v) is 24.3. The number of halogens is 1. The normalized spacial score (nSPS) is 11.9. The number of nitrogens with zero attached hydrogens (tertiary/aromatic N) is 2. The Bertz CT molecular complexity index is 1360. The van der Waals surface area contributed by atoms with Crippen LogP contribution in [0, 0.1) is 6.92 Å². The van der Waals surface area contributed by atoms with Gasteiger partial charge in [0.05, 0.1) is 19.9 Å². The molecule has 3 amide bonds. The fourth-order valence-corrected chi connectivity index (χ4v) is 4.20. The first-order valence-corrected chi connectivity index (χ1v) is 13.2. The van der Waals surface area contributed by atoms with Gasteiger partial charge in [-0.1, -0.05) is 41.9 Å². The Balaban J connectivity index is 2.07. The van der Waals surface area contributed by atoms with Crippen LogP contribution in [-0.2, 0) is 14.4 Å². The summed E-state index contributed by atoms with van der Waals surface area (Å²) in [7, 11) is 2.97. The van der Waals surface area contributed by atoms with Crippen molar-refractivity contribution in [3.63, 3.8) is 0 Å². The molecule has 10 nitrogen and oxygen atoms in total. The first-order valence-electron chi connectivity index (χ1n) is 12.8. The summed E-state index contributed by atoms with van der Waals surface area (Å²) in [5.41, 5.74) is 0.169. The van der Waals surface area contributed by atoms with E-state index < -0.39 is 29.3 Å². The molecule has 1 heterocycles. The number of carbonyl (C=O) groups excluding carboxylic acids is 3. The average molecular weight is 571 g/mol. The molecule has 0 radical (unpaired) electrons. The van der Waals surface area contributed by atoms with E-state index in [2.05, 4.69) is 15.8 Å². The molecule has 0 unspecified atom stereocenters. The summed E-state index contributed by atoms with van der Waals surface area (Å²) in [6, 6.07) is 12.2. The van der Waals surface area contributed by atoms with Gasteiger partial charge in [0, 0.05) is 41.1 Å². The number of nitrogens with one attached hydrogen (secondary N) is 2. The molecule has 0 aliphatic heterocycles. The fraction of sp³-hybridized carbons (Fsp3) is 0.379. The van der Waals surface area contributed by atoms with E-state index in [0.29, 0.717) is 40.0 Å². The SMILES string of the molecule is CCC(C)(C)NC(=O)[C@@H](c1ccccc1Cl)N(C(=O)CCC(=O)Nc1cc(C)on1)c1ccc(OC)cc1OC. The molecule has 214 valence electrons. The van der Waals surface area contributed by atoms with Crippen LogP contribution in [0.1, 0.15) is 57.4 Å². The maximum Gasteiger partial charge on any atom is 0.248 e. The van der Waals surface area contributed by atoms with Crippen molar-refractivity contribution in [3.8, 4) is 11.5 Å². The quantitative estimate of drug-likeness (QED) is 0.297. The van der Waals surface area contributed by atoms with E-state index >= 15 is 0 Å². The highest BCUT2D eigenvalue weighted by atomic mass is 35.5. The van der Waals surface area contributed by atoms with E-state index in [0.717, 1.165) is 0 Å². The number of ether oxygens (including phenoxy) is 2. The van der Waals surface area contributed by atoms with E-state index in [1.807, 2.05) is 20.8 Å². The summed E-state index contributed by atoms with van der Waals surface area (Å²) in [4.78, 5) is 41.9. The summed E-state index contributed by atoms with van der Waals surface area (Å²) >= 11 is 6.60. The van der Waals surface area contributed by atoms with Gasteiger partial charge >= 0.3 is 0 Å². The molecule has 0 saturated carbocycles. The van der Waals surface area contributed by atoms with Gasteiger partial charge in [0.25, 0.3) is 0 Å². The summed E-state index contributed by atoms with van der Waals surface area (Å²) < 4.78 is 15.9. The number of rotatable bonds is 12. The van der Waals surface area contributed by atoms with Gasteiger partial charge in [0.1, 0.15) is 23.3 Å². The van der Waals surface area contributed by atoms with Gasteiger partial charge in [-0.3, -0.25) is 19.3 Å². The van der Waals surface area contributed by atoms with Crippen LogP contribution >= 0.6 is 11.6 Å². The lowest BCUT2D eigenvalue weighted by atomic mass is 9.97. The third kappa shape index (κ3) is 7.53. The lowest BCUT2D eigenvalue weighted by Crippen LogP contribution is -2.50. The van der Waals surface area contributed by atoms with Gasteiger partial charge in [-0.05, 0) is 45.4 Å². The molecule has 40 heavy (non-hydrogen) atoms. The second kappa shape index (κ2) is 13.3. The van der Waals surface area contributed by atoms with Gasteiger partial charge in [-0.2, -0.15) is 0 Å². The number of amides is 3. The van der Waals surface area contributed by atoms with Crippen molar-refractivity contribution < 1.29 is 28.4 Å². The van der Waals surface area contributed by atoms with Gasteiger partial charge in [0.15, 0.2) is 5.82 Å². The highest BCUT2D eigenvalue weighted by Crippen LogP contribution is 2.39. The smallest absolute Gasteiger partial charge is 0.248 e. The van der Waals surface area contributed by atoms with Crippen molar-refractivity contribution >= 4 is 40.8 Å². The number of hydrogen-bond acceptors (Lipinski definition) is 7. The van der Waals surface area contributed by atoms with Gasteiger partial charge < -0.3 is 24.6 Å². The first-order chi connectivity index (χ1) is 19.0. The molecule has 0 aliphatic carbocycles. The van der Waals surface area contributed by atoms with E-state index in [4.69, 9.17) is 25.6 Å². The molecule has 2 aromatic carbocycles. The Hall–Kier alpha value is -4.05. The zero-order chi connectivity index (χ0) is 29.4. The molecule has 0 aliphatic rings. The van der Waals surface area contributed by atoms with Crippen molar-refractivity contribution in [2.45, 2.75) is 58.5 Å². The largest absolute Gasteiger partial charge is 0.497 e. The number of hydrogen-bond donors (Lipinski definition) is 2. The molecular formula is C29H35ClN4O6. The number of carbonyl (C=O) groups is 3. The second-order valence-electron chi connectivity index (χ2n) is 9.82. The fourth-order valence-electron chi connectivity index (χ4n) is 3.96. The van der Waals surface area contributed by atoms with E-state index in [9.17, 15) is 14.4 Å². The van der Waals surface area contributed by atoms with Gasteiger partial charge in [0.2, 0.25) is 17.7 Å². The molecule has 0 saturated heterocycles. The van der Waals surface area contributed by atoms with Crippen LogP contribution < -0.4 is 25.0 Å². The summed E-state index contributed by atoms with van der Waals surface area (Å²) in [5.74, 6) is 0.217. The Morgan fingerprint density at radius 3 is 2.40 bits per heavy atom. The third-order valence-electron chi connectivity index (χ3n) is 6.43. The molecule has 0 spiro atoms. The number of aromatic nitrogens is 1. The van der Waals surface area contributed by atoms with Gasteiger partial charge in [-0.25, -0.2) is 0 Å². The monoisotopic (exact) mass is 570 g/mol. The average Bonchev–Trinajstić information content (AvgIpc) is 3.34. The Labute approximate surface area is 238 Å². The molecule has 3 aromatic rings. The number of anilines is 2. The topological polar surface area (TPSA) is 123 Å². The third-order valence-corrected chi connectivity index (χ3v) is 6.77. The van der Waals surface area contributed by atoms with Crippen LogP contribution in [0.25, 0.3) is 0 Å². The van der Waals surface area contributed by atoms with Crippen molar-refractivity contribution in [1.29, 1.82) is 0 Å². The number of benzene rings is 2. The number of methoxy groups -OCH3 is 2. The molecular weight excluding hydrogens is 536 g/mol. The number of aryl methyl sites for hydroxylation is 1. The van der Waals surface area contributed by atoms with Crippen molar-refractivity contribution in [3.05, 3.63) is 64.9 Å². The highest BCUT2D eigenvalue weighted by molar-refractivity contribution is 6.31. The Morgan fingerprint density at radius 1 is 1.07 bits per heavy atom. The lowest BCUT2D eigenvalue weighted by Gasteiger charge is -2.35. The van der Waals surface area contributed by atoms with E-state index in [1.54, 1.807) is 55.5 Å². The molecule has 0 bridgehead atoms. The molecule has 1 aromatic heterocycles. The van der Waals surface area contributed by atoms with Crippen LogP contribution in [0.15, 0.2) is 53.1 Å². The van der Waals surface area contributed by atoms with Crippen LogP contribution in [0.5, 0.6) is 11.5 Å². The standard InChI is InChI=1S/C29H35ClN4O6/c1-7-29(3,4)32-28(37)27(20-10-8-9-11-21(20)30)34(22-13-12-19(38-5)17-23(22)39-6)26(36)15-14-25(35)31-24-16-18(2)40-33-24/h8-13,16-17,27H,7,14-15H2,1-6H3,(H,32,37)(H,31,33,35)/t27-/m1/s1. The summed E-state index contributed by atoms with van der Waals surface area (Å²) in [6.45, 7) is 7.44. The maximum absolute atomic E-state index is 14.0.